The van der Waals surface area contributed by atoms with Crippen LogP contribution in [0.2, 0.25) is 0 Å². The molecule has 2 aromatic carbocycles. The summed E-state index contributed by atoms with van der Waals surface area (Å²) < 4.78 is 15.5. The average Bonchev–Trinajstić information content (AvgIpc) is 2.94. The van der Waals surface area contributed by atoms with Crippen molar-refractivity contribution in [2.45, 2.75) is 13.5 Å². The molecule has 116 valence electrons. The van der Waals surface area contributed by atoms with Crippen LogP contribution in [0.25, 0.3) is 11.3 Å². The van der Waals surface area contributed by atoms with Crippen LogP contribution in [0.1, 0.15) is 21.6 Å². The molecule has 0 bridgehead atoms. The van der Waals surface area contributed by atoms with Gasteiger partial charge in [0.1, 0.15) is 11.5 Å². The highest BCUT2D eigenvalue weighted by molar-refractivity contribution is 5.92. The maximum atomic E-state index is 14.1. The fraction of sp³-hybridized carbons (Fsp3) is 0.118. The average molecular weight is 311 g/mol. The zero-order valence-electron chi connectivity index (χ0n) is 12.4. The SMILES string of the molecule is Cc1ccc(Cn2nnc(C(=O)O)c2-c2ccccc2F)cc1. The lowest BCUT2D eigenvalue weighted by Crippen LogP contribution is -2.07. The Morgan fingerprint density at radius 3 is 2.52 bits per heavy atom. The molecule has 0 saturated heterocycles. The number of benzene rings is 2. The Kier molecular flexibility index (Phi) is 3.89. The minimum Gasteiger partial charge on any atom is -0.476 e. The highest BCUT2D eigenvalue weighted by Crippen LogP contribution is 2.25. The summed E-state index contributed by atoms with van der Waals surface area (Å²) in [5.74, 6) is -1.75. The molecular formula is C17H14FN3O2. The monoisotopic (exact) mass is 311 g/mol. The Balaban J connectivity index is 2.09. The zero-order chi connectivity index (χ0) is 16.4. The molecule has 0 saturated carbocycles. The van der Waals surface area contributed by atoms with Gasteiger partial charge in [0, 0.05) is 5.56 Å². The molecule has 0 spiro atoms. The lowest BCUT2D eigenvalue weighted by Gasteiger charge is -2.08. The number of aromatic nitrogens is 3. The van der Waals surface area contributed by atoms with E-state index in [0.29, 0.717) is 6.54 Å². The predicted molar refractivity (Wildman–Crippen MR) is 82.7 cm³/mol. The minimum absolute atomic E-state index is 0.163. The van der Waals surface area contributed by atoms with Crippen LogP contribution >= 0.6 is 0 Å². The van der Waals surface area contributed by atoms with Crippen molar-refractivity contribution in [3.05, 3.63) is 71.2 Å². The second kappa shape index (κ2) is 6.00. The largest absolute Gasteiger partial charge is 0.476 e. The quantitative estimate of drug-likeness (QED) is 0.803. The maximum absolute atomic E-state index is 14.1. The first-order valence-corrected chi connectivity index (χ1v) is 7.03. The summed E-state index contributed by atoms with van der Waals surface area (Å²) in [6.07, 6.45) is 0. The van der Waals surface area contributed by atoms with Crippen LogP contribution in [0.5, 0.6) is 0 Å². The molecule has 6 heteroatoms. The van der Waals surface area contributed by atoms with E-state index in [0.717, 1.165) is 11.1 Å². The second-order valence-electron chi connectivity index (χ2n) is 5.21. The Labute approximate surface area is 132 Å². The van der Waals surface area contributed by atoms with Gasteiger partial charge < -0.3 is 5.11 Å². The summed E-state index contributed by atoms with van der Waals surface area (Å²) in [7, 11) is 0. The Morgan fingerprint density at radius 2 is 1.87 bits per heavy atom. The molecule has 0 fully saturated rings. The highest BCUT2D eigenvalue weighted by atomic mass is 19.1. The molecule has 0 aliphatic carbocycles. The fourth-order valence-corrected chi connectivity index (χ4v) is 2.35. The summed E-state index contributed by atoms with van der Waals surface area (Å²) in [6.45, 7) is 2.29. The van der Waals surface area contributed by atoms with E-state index >= 15 is 0 Å². The van der Waals surface area contributed by atoms with Gasteiger partial charge >= 0.3 is 5.97 Å². The molecule has 3 rings (SSSR count). The molecule has 0 unspecified atom stereocenters. The van der Waals surface area contributed by atoms with Crippen LogP contribution in [-0.4, -0.2) is 26.1 Å². The molecule has 1 aromatic heterocycles. The summed E-state index contributed by atoms with van der Waals surface area (Å²) in [4.78, 5) is 11.4. The summed E-state index contributed by atoms with van der Waals surface area (Å²) in [5, 5.41) is 16.9. The van der Waals surface area contributed by atoms with Crippen LogP contribution in [-0.2, 0) is 6.54 Å². The van der Waals surface area contributed by atoms with Crippen molar-refractivity contribution >= 4 is 5.97 Å². The van der Waals surface area contributed by atoms with Gasteiger partial charge in [0.15, 0.2) is 5.69 Å². The number of hydrogen-bond donors (Lipinski definition) is 1. The third-order valence-electron chi connectivity index (χ3n) is 3.52. The number of hydrogen-bond acceptors (Lipinski definition) is 3. The van der Waals surface area contributed by atoms with Crippen molar-refractivity contribution in [2.24, 2.45) is 0 Å². The Morgan fingerprint density at radius 1 is 1.17 bits per heavy atom. The van der Waals surface area contributed by atoms with Gasteiger partial charge in [-0.05, 0) is 24.6 Å². The first kappa shape index (κ1) is 14.9. The molecule has 0 aliphatic heterocycles. The fourth-order valence-electron chi connectivity index (χ4n) is 2.35. The Bertz CT molecular complexity index is 857. The van der Waals surface area contributed by atoms with Gasteiger partial charge in [0.2, 0.25) is 0 Å². The van der Waals surface area contributed by atoms with E-state index < -0.39 is 11.8 Å². The van der Waals surface area contributed by atoms with Gasteiger partial charge in [-0.1, -0.05) is 47.2 Å². The van der Waals surface area contributed by atoms with Crippen LogP contribution in [0.3, 0.4) is 0 Å². The van der Waals surface area contributed by atoms with E-state index in [-0.39, 0.29) is 17.0 Å². The number of carbonyl (C=O) groups is 1. The number of carboxylic acid groups (broad SMARTS) is 1. The Hall–Kier alpha value is -3.02. The van der Waals surface area contributed by atoms with Crippen molar-refractivity contribution < 1.29 is 14.3 Å². The summed E-state index contributed by atoms with van der Waals surface area (Å²) in [6, 6.07) is 13.7. The summed E-state index contributed by atoms with van der Waals surface area (Å²) >= 11 is 0. The maximum Gasteiger partial charge on any atom is 0.358 e. The molecule has 3 aromatic rings. The first-order chi connectivity index (χ1) is 11.1. The van der Waals surface area contributed by atoms with Crippen LogP contribution in [0, 0.1) is 12.7 Å². The smallest absolute Gasteiger partial charge is 0.358 e. The molecule has 0 aliphatic rings. The number of nitrogens with zero attached hydrogens (tertiary/aromatic N) is 3. The van der Waals surface area contributed by atoms with Gasteiger partial charge in [-0.25, -0.2) is 13.9 Å². The molecule has 5 nitrogen and oxygen atoms in total. The van der Waals surface area contributed by atoms with E-state index in [2.05, 4.69) is 10.3 Å². The topological polar surface area (TPSA) is 68.0 Å². The van der Waals surface area contributed by atoms with Crippen LogP contribution < -0.4 is 0 Å². The van der Waals surface area contributed by atoms with Crippen molar-refractivity contribution in [2.75, 3.05) is 0 Å². The van der Waals surface area contributed by atoms with Gasteiger partial charge in [0.05, 0.1) is 6.54 Å². The lowest BCUT2D eigenvalue weighted by atomic mass is 10.1. The molecule has 1 N–H and O–H groups in total. The molecule has 0 amide bonds. The van der Waals surface area contributed by atoms with Gasteiger partial charge in [0.25, 0.3) is 0 Å². The third-order valence-corrected chi connectivity index (χ3v) is 3.52. The number of halogens is 1. The lowest BCUT2D eigenvalue weighted by molar-refractivity contribution is 0.0691. The van der Waals surface area contributed by atoms with Crippen molar-refractivity contribution in [1.29, 1.82) is 0 Å². The molecule has 23 heavy (non-hydrogen) atoms. The normalized spacial score (nSPS) is 10.7. The first-order valence-electron chi connectivity index (χ1n) is 7.03. The molecule has 1 heterocycles. The molecule has 0 atom stereocenters. The van der Waals surface area contributed by atoms with E-state index in [4.69, 9.17) is 0 Å². The number of carboxylic acids is 1. The third kappa shape index (κ3) is 2.96. The van der Waals surface area contributed by atoms with E-state index in [1.165, 1.54) is 16.8 Å². The minimum atomic E-state index is -1.24. The standard InChI is InChI=1S/C17H14FN3O2/c1-11-6-8-12(9-7-11)10-21-16(15(17(22)23)19-20-21)13-4-2-3-5-14(13)18/h2-9H,10H2,1H3,(H,22,23). The number of aromatic carboxylic acids is 1. The van der Waals surface area contributed by atoms with Crippen molar-refractivity contribution in [1.82, 2.24) is 15.0 Å². The molecular weight excluding hydrogens is 297 g/mol. The number of rotatable bonds is 4. The van der Waals surface area contributed by atoms with E-state index in [1.807, 2.05) is 31.2 Å². The van der Waals surface area contributed by atoms with Gasteiger partial charge in [-0.15, -0.1) is 5.10 Å². The predicted octanol–water partition coefficient (Wildman–Crippen LogP) is 3.14. The van der Waals surface area contributed by atoms with Gasteiger partial charge in [-0.3, -0.25) is 0 Å². The molecule has 0 radical (unpaired) electrons. The van der Waals surface area contributed by atoms with Gasteiger partial charge in [-0.2, -0.15) is 0 Å². The van der Waals surface area contributed by atoms with Crippen molar-refractivity contribution in [3.8, 4) is 11.3 Å². The highest BCUT2D eigenvalue weighted by Gasteiger charge is 2.22. The van der Waals surface area contributed by atoms with Crippen molar-refractivity contribution in [3.63, 3.8) is 0 Å². The summed E-state index contributed by atoms with van der Waals surface area (Å²) in [5.41, 5.74) is 2.11. The second-order valence-corrected chi connectivity index (χ2v) is 5.21. The van der Waals surface area contributed by atoms with Crippen LogP contribution in [0.15, 0.2) is 48.5 Å². The number of aryl methyl sites for hydroxylation is 1. The zero-order valence-corrected chi connectivity index (χ0v) is 12.4. The van der Waals surface area contributed by atoms with E-state index in [1.54, 1.807) is 12.1 Å². The van der Waals surface area contributed by atoms with Crippen LogP contribution in [0.4, 0.5) is 4.39 Å². The van der Waals surface area contributed by atoms with E-state index in [9.17, 15) is 14.3 Å².